The van der Waals surface area contributed by atoms with Crippen LogP contribution in [0.5, 0.6) is 0 Å². The number of amides is 1. The van der Waals surface area contributed by atoms with Gasteiger partial charge in [-0.2, -0.15) is 0 Å². The maximum Gasteiger partial charge on any atom is 0.221 e. The number of carbonyl (C=O) groups excluding carboxylic acids is 1. The molecule has 88 valence electrons. The van der Waals surface area contributed by atoms with Gasteiger partial charge in [0.25, 0.3) is 0 Å². The van der Waals surface area contributed by atoms with Gasteiger partial charge < -0.3 is 16.0 Å². The van der Waals surface area contributed by atoms with Crippen LogP contribution in [0, 0.1) is 0 Å². The lowest BCUT2D eigenvalue weighted by atomic mass is 10.1. The summed E-state index contributed by atoms with van der Waals surface area (Å²) in [6.07, 6.45) is 5.54. The van der Waals surface area contributed by atoms with Crippen LogP contribution in [0.1, 0.15) is 32.1 Å². The van der Waals surface area contributed by atoms with Crippen molar-refractivity contribution in [3.63, 3.8) is 0 Å². The van der Waals surface area contributed by atoms with Crippen molar-refractivity contribution in [2.75, 3.05) is 32.7 Å². The molecule has 4 nitrogen and oxygen atoms in total. The van der Waals surface area contributed by atoms with Crippen molar-refractivity contribution in [3.05, 3.63) is 0 Å². The van der Waals surface area contributed by atoms with Crippen molar-refractivity contribution in [1.82, 2.24) is 10.2 Å². The van der Waals surface area contributed by atoms with Crippen LogP contribution in [0.4, 0.5) is 0 Å². The molecular weight excluding hydrogens is 190 g/mol. The van der Waals surface area contributed by atoms with Gasteiger partial charge in [0.15, 0.2) is 0 Å². The molecule has 0 aromatic carbocycles. The smallest absolute Gasteiger partial charge is 0.221 e. The molecule has 0 spiro atoms. The Morgan fingerprint density at radius 1 is 1.27 bits per heavy atom. The molecule has 4 heteroatoms. The van der Waals surface area contributed by atoms with E-state index in [-0.39, 0.29) is 5.91 Å². The summed E-state index contributed by atoms with van der Waals surface area (Å²) in [4.78, 5) is 13.6. The van der Waals surface area contributed by atoms with Crippen molar-refractivity contribution in [2.24, 2.45) is 5.73 Å². The summed E-state index contributed by atoms with van der Waals surface area (Å²) in [6.45, 7) is 4.81. The third-order valence-electron chi connectivity index (χ3n) is 2.79. The van der Waals surface area contributed by atoms with E-state index in [1.54, 1.807) is 0 Å². The molecule has 0 saturated carbocycles. The number of hydrogen-bond donors (Lipinski definition) is 2. The second-order valence-electron chi connectivity index (χ2n) is 4.14. The van der Waals surface area contributed by atoms with E-state index in [9.17, 15) is 4.79 Å². The summed E-state index contributed by atoms with van der Waals surface area (Å²) in [5.41, 5.74) is 5.28. The van der Waals surface area contributed by atoms with Crippen molar-refractivity contribution in [3.8, 4) is 0 Å². The second kappa shape index (κ2) is 7.65. The molecule has 0 aromatic heterocycles. The van der Waals surface area contributed by atoms with Crippen LogP contribution in [0.15, 0.2) is 0 Å². The number of hydrogen-bond acceptors (Lipinski definition) is 3. The molecule has 1 saturated heterocycles. The Balaban J connectivity index is 1.93. The van der Waals surface area contributed by atoms with E-state index < -0.39 is 0 Å². The number of carbonyl (C=O) groups is 1. The number of likely N-dealkylation sites (tertiary alicyclic amines) is 1. The number of nitrogens with one attached hydrogen (secondary N) is 1. The number of piperidine rings is 1. The van der Waals surface area contributed by atoms with Gasteiger partial charge in [0.2, 0.25) is 5.91 Å². The van der Waals surface area contributed by atoms with E-state index in [2.05, 4.69) is 10.2 Å². The summed E-state index contributed by atoms with van der Waals surface area (Å²) in [5.74, 6) is 0.0798. The highest BCUT2D eigenvalue weighted by Gasteiger charge is 2.08. The zero-order valence-electron chi connectivity index (χ0n) is 9.50. The fourth-order valence-corrected chi connectivity index (χ4v) is 1.93. The fourth-order valence-electron chi connectivity index (χ4n) is 1.93. The van der Waals surface area contributed by atoms with E-state index in [0.29, 0.717) is 13.0 Å². The van der Waals surface area contributed by atoms with Crippen LogP contribution in [0.25, 0.3) is 0 Å². The van der Waals surface area contributed by atoms with Crippen LogP contribution in [0.2, 0.25) is 0 Å². The standard InChI is InChI=1S/C11H23N3O/c12-6-5-11(15)13-7-4-10-14-8-2-1-3-9-14/h1-10,12H2,(H,13,15). The molecule has 0 atom stereocenters. The second-order valence-corrected chi connectivity index (χ2v) is 4.14. The third-order valence-corrected chi connectivity index (χ3v) is 2.79. The van der Waals surface area contributed by atoms with Gasteiger partial charge in [0.05, 0.1) is 0 Å². The molecule has 1 rings (SSSR count). The first-order valence-corrected chi connectivity index (χ1v) is 6.02. The monoisotopic (exact) mass is 213 g/mol. The Bertz CT molecular complexity index is 179. The average molecular weight is 213 g/mol. The van der Waals surface area contributed by atoms with Crippen molar-refractivity contribution in [1.29, 1.82) is 0 Å². The van der Waals surface area contributed by atoms with Gasteiger partial charge in [0.1, 0.15) is 0 Å². The lowest BCUT2D eigenvalue weighted by Crippen LogP contribution is -2.33. The maximum absolute atomic E-state index is 11.1. The van der Waals surface area contributed by atoms with E-state index >= 15 is 0 Å². The van der Waals surface area contributed by atoms with Gasteiger partial charge in [-0.3, -0.25) is 4.79 Å². The summed E-state index contributed by atoms with van der Waals surface area (Å²) in [7, 11) is 0. The molecule has 15 heavy (non-hydrogen) atoms. The minimum atomic E-state index is 0.0798. The highest BCUT2D eigenvalue weighted by atomic mass is 16.1. The first-order valence-electron chi connectivity index (χ1n) is 6.02. The minimum Gasteiger partial charge on any atom is -0.356 e. The van der Waals surface area contributed by atoms with Crippen LogP contribution >= 0.6 is 0 Å². The van der Waals surface area contributed by atoms with Gasteiger partial charge in [0, 0.05) is 19.5 Å². The minimum absolute atomic E-state index is 0.0798. The SMILES string of the molecule is NCCC(=O)NCCCN1CCCCC1. The van der Waals surface area contributed by atoms with Crippen LogP contribution in [0.3, 0.4) is 0 Å². The molecule has 1 aliphatic heterocycles. The van der Waals surface area contributed by atoms with Gasteiger partial charge in [-0.25, -0.2) is 0 Å². The van der Waals surface area contributed by atoms with Crippen molar-refractivity contribution < 1.29 is 4.79 Å². The zero-order valence-corrected chi connectivity index (χ0v) is 9.50. The lowest BCUT2D eigenvalue weighted by Gasteiger charge is -2.26. The highest BCUT2D eigenvalue weighted by molar-refractivity contribution is 5.75. The Kier molecular flexibility index (Phi) is 6.36. The summed E-state index contributed by atoms with van der Waals surface area (Å²) in [6, 6.07) is 0. The Hall–Kier alpha value is -0.610. The third kappa shape index (κ3) is 5.74. The molecule has 0 aliphatic carbocycles. The predicted molar refractivity (Wildman–Crippen MR) is 61.6 cm³/mol. The molecule has 1 amide bonds. The van der Waals surface area contributed by atoms with Crippen LogP contribution in [-0.2, 0) is 4.79 Å². The normalized spacial score (nSPS) is 17.7. The van der Waals surface area contributed by atoms with Gasteiger partial charge in [-0.1, -0.05) is 6.42 Å². The Labute approximate surface area is 92.2 Å². The first-order chi connectivity index (χ1) is 7.33. The van der Waals surface area contributed by atoms with Gasteiger partial charge >= 0.3 is 0 Å². The fraction of sp³-hybridized carbons (Fsp3) is 0.909. The lowest BCUT2D eigenvalue weighted by molar-refractivity contribution is -0.120. The van der Waals surface area contributed by atoms with E-state index in [1.165, 1.54) is 32.4 Å². The zero-order chi connectivity index (χ0) is 10.9. The molecular formula is C11H23N3O. The van der Waals surface area contributed by atoms with Crippen LogP contribution in [-0.4, -0.2) is 43.5 Å². The first kappa shape index (κ1) is 12.5. The highest BCUT2D eigenvalue weighted by Crippen LogP contribution is 2.08. The maximum atomic E-state index is 11.1. The predicted octanol–water partition coefficient (Wildman–Crippen LogP) is 0.327. The van der Waals surface area contributed by atoms with Crippen molar-refractivity contribution >= 4 is 5.91 Å². The molecule has 3 N–H and O–H groups in total. The summed E-state index contributed by atoms with van der Waals surface area (Å²) in [5, 5.41) is 2.88. The van der Waals surface area contributed by atoms with Gasteiger partial charge in [-0.15, -0.1) is 0 Å². The molecule has 0 unspecified atom stereocenters. The summed E-state index contributed by atoms with van der Waals surface area (Å²) < 4.78 is 0. The topological polar surface area (TPSA) is 58.4 Å². The van der Waals surface area contributed by atoms with E-state index in [4.69, 9.17) is 5.73 Å². The number of nitrogens with two attached hydrogens (primary N) is 1. The summed E-state index contributed by atoms with van der Waals surface area (Å²) >= 11 is 0. The number of nitrogens with zero attached hydrogens (tertiary/aromatic N) is 1. The van der Waals surface area contributed by atoms with Crippen molar-refractivity contribution in [2.45, 2.75) is 32.1 Å². The van der Waals surface area contributed by atoms with Crippen LogP contribution < -0.4 is 11.1 Å². The Morgan fingerprint density at radius 2 is 2.00 bits per heavy atom. The molecule has 1 heterocycles. The van der Waals surface area contributed by atoms with Gasteiger partial charge in [-0.05, 0) is 38.9 Å². The van der Waals surface area contributed by atoms with E-state index in [1.807, 2.05) is 0 Å². The average Bonchev–Trinajstić information content (AvgIpc) is 2.26. The molecule has 0 bridgehead atoms. The molecule has 0 radical (unpaired) electrons. The number of rotatable bonds is 6. The largest absolute Gasteiger partial charge is 0.356 e. The quantitative estimate of drug-likeness (QED) is 0.625. The molecule has 1 aliphatic rings. The molecule has 0 aromatic rings. The Morgan fingerprint density at radius 3 is 2.67 bits per heavy atom. The van der Waals surface area contributed by atoms with E-state index in [0.717, 1.165) is 19.5 Å². The molecule has 1 fully saturated rings.